The minimum absolute atomic E-state index is 0.154. The maximum absolute atomic E-state index is 12.1. The third-order valence-electron chi connectivity index (χ3n) is 2.83. The standard InChI is InChI=1S/C12H13N5O3/c1-8-4-3-5-13-11(8)15-12(18)9(2)16-7-10(6-14-16)17(19)20/h3-7,9H,1-2H3,(H,13,15,18)/t9-/m1/s1. The highest BCUT2D eigenvalue weighted by molar-refractivity contribution is 5.93. The smallest absolute Gasteiger partial charge is 0.307 e. The van der Waals surface area contributed by atoms with E-state index in [1.165, 1.54) is 10.9 Å². The third kappa shape index (κ3) is 2.79. The number of anilines is 1. The van der Waals surface area contributed by atoms with Crippen molar-refractivity contribution in [1.82, 2.24) is 14.8 Å². The Hall–Kier alpha value is -2.77. The van der Waals surface area contributed by atoms with Gasteiger partial charge < -0.3 is 5.32 Å². The SMILES string of the molecule is Cc1cccnc1NC(=O)[C@@H](C)n1cc([N+](=O)[O-])cn1. The molecule has 1 amide bonds. The Labute approximate surface area is 114 Å². The number of aryl methyl sites for hydroxylation is 1. The van der Waals surface area contributed by atoms with Crippen LogP contribution in [0.5, 0.6) is 0 Å². The van der Waals surface area contributed by atoms with E-state index in [9.17, 15) is 14.9 Å². The molecule has 1 N–H and O–H groups in total. The van der Waals surface area contributed by atoms with E-state index in [0.29, 0.717) is 5.82 Å². The molecule has 8 heteroatoms. The second-order valence-electron chi connectivity index (χ2n) is 4.27. The molecule has 0 aliphatic heterocycles. The molecule has 2 aromatic heterocycles. The molecular formula is C12H13N5O3. The van der Waals surface area contributed by atoms with Gasteiger partial charge in [-0.1, -0.05) is 6.07 Å². The number of carbonyl (C=O) groups excluding carboxylic acids is 1. The lowest BCUT2D eigenvalue weighted by Crippen LogP contribution is -2.24. The number of nitro groups is 1. The zero-order valence-electron chi connectivity index (χ0n) is 11.0. The molecule has 0 saturated heterocycles. The highest BCUT2D eigenvalue weighted by Crippen LogP contribution is 2.15. The van der Waals surface area contributed by atoms with E-state index < -0.39 is 11.0 Å². The van der Waals surface area contributed by atoms with Crippen molar-refractivity contribution in [3.8, 4) is 0 Å². The Balaban J connectivity index is 2.12. The van der Waals surface area contributed by atoms with Crippen molar-refractivity contribution >= 4 is 17.4 Å². The molecule has 0 bridgehead atoms. The van der Waals surface area contributed by atoms with Gasteiger partial charge in [0.25, 0.3) is 0 Å². The molecule has 0 aliphatic carbocycles. The Morgan fingerprint density at radius 2 is 2.30 bits per heavy atom. The Bertz CT molecular complexity index is 652. The number of pyridine rings is 1. The van der Waals surface area contributed by atoms with Crippen LogP contribution >= 0.6 is 0 Å². The highest BCUT2D eigenvalue weighted by atomic mass is 16.6. The van der Waals surface area contributed by atoms with E-state index in [-0.39, 0.29) is 11.6 Å². The van der Waals surface area contributed by atoms with Crippen LogP contribution in [0.3, 0.4) is 0 Å². The van der Waals surface area contributed by atoms with Gasteiger partial charge in [0.15, 0.2) is 0 Å². The number of hydrogen-bond acceptors (Lipinski definition) is 5. The molecule has 0 radical (unpaired) electrons. The van der Waals surface area contributed by atoms with Crippen LogP contribution in [0.15, 0.2) is 30.7 Å². The number of hydrogen-bond donors (Lipinski definition) is 1. The molecular weight excluding hydrogens is 262 g/mol. The molecule has 104 valence electrons. The number of amides is 1. The lowest BCUT2D eigenvalue weighted by Gasteiger charge is -2.12. The van der Waals surface area contributed by atoms with Crippen molar-refractivity contribution < 1.29 is 9.72 Å². The van der Waals surface area contributed by atoms with Crippen molar-refractivity contribution in [3.63, 3.8) is 0 Å². The van der Waals surface area contributed by atoms with Crippen LogP contribution in [-0.2, 0) is 4.79 Å². The lowest BCUT2D eigenvalue weighted by molar-refractivity contribution is -0.385. The topological polar surface area (TPSA) is 103 Å². The van der Waals surface area contributed by atoms with Gasteiger partial charge in [-0.05, 0) is 25.5 Å². The van der Waals surface area contributed by atoms with Gasteiger partial charge in [-0.25, -0.2) is 4.98 Å². The first-order valence-corrected chi connectivity index (χ1v) is 5.90. The molecule has 2 aromatic rings. The average Bonchev–Trinajstić information content (AvgIpc) is 2.90. The predicted molar refractivity (Wildman–Crippen MR) is 71.2 cm³/mol. The number of rotatable bonds is 4. The van der Waals surface area contributed by atoms with Crippen LogP contribution in [0.4, 0.5) is 11.5 Å². The molecule has 0 unspecified atom stereocenters. The zero-order chi connectivity index (χ0) is 14.7. The van der Waals surface area contributed by atoms with Crippen molar-refractivity contribution in [3.05, 3.63) is 46.4 Å². The molecule has 8 nitrogen and oxygen atoms in total. The van der Waals surface area contributed by atoms with Gasteiger partial charge in [-0.15, -0.1) is 0 Å². The lowest BCUT2D eigenvalue weighted by atomic mass is 10.2. The molecule has 0 aliphatic rings. The van der Waals surface area contributed by atoms with Crippen LogP contribution in [0.2, 0.25) is 0 Å². The molecule has 1 atom stereocenters. The zero-order valence-corrected chi connectivity index (χ0v) is 11.0. The fourth-order valence-corrected chi connectivity index (χ4v) is 1.59. The number of aromatic nitrogens is 3. The maximum Gasteiger partial charge on any atom is 0.307 e. The summed E-state index contributed by atoms with van der Waals surface area (Å²) in [5, 5.41) is 17.1. The molecule has 20 heavy (non-hydrogen) atoms. The van der Waals surface area contributed by atoms with Crippen LogP contribution in [0.25, 0.3) is 0 Å². The Morgan fingerprint density at radius 1 is 1.55 bits per heavy atom. The second kappa shape index (κ2) is 5.47. The van der Waals surface area contributed by atoms with Crippen molar-refractivity contribution in [2.24, 2.45) is 0 Å². The Morgan fingerprint density at radius 3 is 2.90 bits per heavy atom. The summed E-state index contributed by atoms with van der Waals surface area (Å²) in [6.45, 7) is 3.43. The minimum atomic E-state index is -0.676. The largest absolute Gasteiger partial charge is 0.309 e. The van der Waals surface area contributed by atoms with E-state index in [2.05, 4.69) is 15.4 Å². The van der Waals surface area contributed by atoms with Crippen LogP contribution in [-0.4, -0.2) is 25.6 Å². The van der Waals surface area contributed by atoms with E-state index in [4.69, 9.17) is 0 Å². The summed E-state index contributed by atoms with van der Waals surface area (Å²) in [5.41, 5.74) is 0.679. The first-order chi connectivity index (χ1) is 9.49. The van der Waals surface area contributed by atoms with Crippen molar-refractivity contribution in [1.29, 1.82) is 0 Å². The normalized spacial score (nSPS) is 11.9. The van der Waals surface area contributed by atoms with E-state index >= 15 is 0 Å². The van der Waals surface area contributed by atoms with Crippen LogP contribution in [0.1, 0.15) is 18.5 Å². The third-order valence-corrected chi connectivity index (χ3v) is 2.83. The Kier molecular flexibility index (Phi) is 3.74. The average molecular weight is 275 g/mol. The predicted octanol–water partition coefficient (Wildman–Crippen LogP) is 1.69. The first-order valence-electron chi connectivity index (χ1n) is 5.90. The van der Waals surface area contributed by atoms with Gasteiger partial charge in [0.2, 0.25) is 5.91 Å². The van der Waals surface area contributed by atoms with Gasteiger partial charge in [0.05, 0.1) is 4.92 Å². The molecule has 0 fully saturated rings. The molecule has 0 aromatic carbocycles. The highest BCUT2D eigenvalue weighted by Gasteiger charge is 2.19. The summed E-state index contributed by atoms with van der Waals surface area (Å²) >= 11 is 0. The van der Waals surface area contributed by atoms with Gasteiger partial charge in [-0.3, -0.25) is 19.6 Å². The maximum atomic E-state index is 12.1. The molecule has 0 saturated carbocycles. The fourth-order valence-electron chi connectivity index (χ4n) is 1.59. The first kappa shape index (κ1) is 13.7. The summed E-state index contributed by atoms with van der Waals surface area (Å²) in [6.07, 6.45) is 3.90. The quantitative estimate of drug-likeness (QED) is 0.675. The van der Waals surface area contributed by atoms with Gasteiger partial charge >= 0.3 is 5.69 Å². The summed E-state index contributed by atoms with van der Waals surface area (Å²) in [7, 11) is 0. The van der Waals surface area contributed by atoms with Crippen molar-refractivity contribution in [2.75, 3.05) is 5.32 Å². The van der Waals surface area contributed by atoms with E-state index in [0.717, 1.165) is 11.8 Å². The second-order valence-corrected chi connectivity index (χ2v) is 4.27. The van der Waals surface area contributed by atoms with Gasteiger partial charge in [0.1, 0.15) is 24.3 Å². The monoisotopic (exact) mass is 275 g/mol. The van der Waals surface area contributed by atoms with Gasteiger partial charge in [-0.2, -0.15) is 5.10 Å². The van der Waals surface area contributed by atoms with E-state index in [1.54, 1.807) is 19.2 Å². The summed E-state index contributed by atoms with van der Waals surface area (Å²) in [5.74, 6) is 0.121. The van der Waals surface area contributed by atoms with Crippen LogP contribution < -0.4 is 5.32 Å². The number of nitrogens with one attached hydrogen (secondary N) is 1. The van der Waals surface area contributed by atoms with Crippen molar-refractivity contribution in [2.45, 2.75) is 19.9 Å². The minimum Gasteiger partial charge on any atom is -0.309 e. The molecule has 0 spiro atoms. The van der Waals surface area contributed by atoms with E-state index in [1.807, 2.05) is 13.0 Å². The summed E-state index contributed by atoms with van der Waals surface area (Å²) in [4.78, 5) is 26.1. The fraction of sp³-hybridized carbons (Fsp3) is 0.250. The molecule has 2 heterocycles. The molecule has 2 rings (SSSR count). The number of nitrogens with zero attached hydrogens (tertiary/aromatic N) is 4. The number of carbonyl (C=O) groups is 1. The van der Waals surface area contributed by atoms with Gasteiger partial charge in [0, 0.05) is 6.20 Å². The van der Waals surface area contributed by atoms with Crippen LogP contribution in [0, 0.1) is 17.0 Å². The summed E-state index contributed by atoms with van der Waals surface area (Å²) < 4.78 is 1.24. The summed E-state index contributed by atoms with van der Waals surface area (Å²) in [6, 6.07) is 2.92.